The number of hydrazone groups is 1. The number of nitrogens with zero attached hydrogens (tertiary/aromatic N) is 4. The summed E-state index contributed by atoms with van der Waals surface area (Å²) in [6.07, 6.45) is 9.30. The van der Waals surface area contributed by atoms with Crippen molar-refractivity contribution >= 4 is 39.8 Å². The Bertz CT molecular complexity index is 1400. The van der Waals surface area contributed by atoms with Gasteiger partial charge in [-0.3, -0.25) is 10.2 Å². The predicted molar refractivity (Wildman–Crippen MR) is 141 cm³/mol. The number of amidine groups is 2. The first-order valence-electron chi connectivity index (χ1n) is 12.8. The van der Waals surface area contributed by atoms with Crippen molar-refractivity contribution in [2.75, 3.05) is 0 Å². The van der Waals surface area contributed by atoms with Crippen LogP contribution >= 0.6 is 11.8 Å². The van der Waals surface area contributed by atoms with Gasteiger partial charge in [0.25, 0.3) is 5.91 Å². The topological polar surface area (TPSA) is 73.8 Å². The lowest BCUT2D eigenvalue weighted by Gasteiger charge is -2.56. The number of nitrogens with one attached hydrogen (secondary N) is 1. The number of benzene rings is 1. The summed E-state index contributed by atoms with van der Waals surface area (Å²) in [5, 5.41) is 16.9. The highest BCUT2D eigenvalue weighted by Gasteiger charge is 2.55. The number of halogens is 1. The van der Waals surface area contributed by atoms with Crippen LogP contribution in [-0.2, 0) is 4.79 Å². The lowest BCUT2D eigenvalue weighted by Crippen LogP contribution is -2.49. The van der Waals surface area contributed by atoms with Crippen LogP contribution < -0.4 is 0 Å². The predicted octanol–water partition coefficient (Wildman–Crippen LogP) is 6.07. The summed E-state index contributed by atoms with van der Waals surface area (Å²) < 4.78 is 16.3. The molecule has 8 rings (SSSR count). The van der Waals surface area contributed by atoms with Gasteiger partial charge >= 0.3 is 0 Å². The van der Waals surface area contributed by atoms with Gasteiger partial charge in [0.2, 0.25) is 5.17 Å². The average Bonchev–Trinajstić information content (AvgIpc) is 3.37. The Morgan fingerprint density at radius 3 is 2.44 bits per heavy atom. The number of thioether (sulfide) groups is 1. The van der Waals surface area contributed by atoms with Crippen LogP contribution in [0.3, 0.4) is 0 Å². The number of aliphatic imine (C=N–C) groups is 1. The van der Waals surface area contributed by atoms with E-state index >= 15 is 0 Å². The molecule has 1 N–H and O–H groups in total. The zero-order valence-corrected chi connectivity index (χ0v) is 21.2. The van der Waals surface area contributed by atoms with Gasteiger partial charge in [0, 0.05) is 16.8 Å². The molecule has 4 bridgehead atoms. The number of rotatable bonds is 3. The maximum atomic E-state index is 14.5. The molecule has 0 saturated heterocycles. The van der Waals surface area contributed by atoms with Crippen molar-refractivity contribution < 1.29 is 9.18 Å². The fraction of sp³-hybridized carbons (Fsp3) is 0.429. The van der Waals surface area contributed by atoms with Crippen LogP contribution in [0.15, 0.2) is 46.0 Å². The Hall–Kier alpha value is -3.00. The van der Waals surface area contributed by atoms with Gasteiger partial charge in [0.1, 0.15) is 10.9 Å². The van der Waals surface area contributed by atoms with E-state index in [-0.39, 0.29) is 22.6 Å². The minimum absolute atomic E-state index is 0.0629. The lowest BCUT2D eigenvalue weighted by atomic mass is 9.50. The molecule has 4 saturated carbocycles. The van der Waals surface area contributed by atoms with Crippen molar-refractivity contribution in [1.29, 1.82) is 5.41 Å². The zero-order valence-electron chi connectivity index (χ0n) is 20.4. The van der Waals surface area contributed by atoms with Gasteiger partial charge in [0.15, 0.2) is 5.84 Å². The summed E-state index contributed by atoms with van der Waals surface area (Å²) >= 11 is 1.50. The van der Waals surface area contributed by atoms with E-state index in [9.17, 15) is 9.18 Å². The van der Waals surface area contributed by atoms with Crippen molar-refractivity contribution in [2.24, 2.45) is 33.3 Å². The van der Waals surface area contributed by atoms with Gasteiger partial charge in [-0.25, -0.2) is 4.39 Å². The Morgan fingerprint density at radius 1 is 1.11 bits per heavy atom. The van der Waals surface area contributed by atoms with E-state index in [4.69, 9.17) is 10.5 Å². The van der Waals surface area contributed by atoms with E-state index in [2.05, 4.69) is 4.99 Å². The number of hydrogen-bond acceptors (Lipinski definition) is 4. The maximum absolute atomic E-state index is 14.5. The SMILES string of the molecule is Cc1cc(/C=C2\C(=N)N3N=C(C45CC6CC(CC(C6)C4)C5)SC3=NC2=O)c(C)n1-c1ccccc1F. The van der Waals surface area contributed by atoms with E-state index in [1.807, 2.05) is 24.5 Å². The zero-order chi connectivity index (χ0) is 24.8. The van der Waals surface area contributed by atoms with E-state index in [1.54, 1.807) is 29.3 Å². The van der Waals surface area contributed by atoms with Gasteiger partial charge in [-0.2, -0.15) is 15.1 Å². The molecular weight excluding hydrogens is 473 g/mol. The first-order chi connectivity index (χ1) is 17.3. The van der Waals surface area contributed by atoms with Crippen molar-refractivity contribution in [3.05, 3.63) is 58.7 Å². The van der Waals surface area contributed by atoms with E-state index in [1.165, 1.54) is 56.4 Å². The van der Waals surface area contributed by atoms with Crippen molar-refractivity contribution in [3.8, 4) is 5.69 Å². The largest absolute Gasteiger partial charge is 0.315 e. The van der Waals surface area contributed by atoms with Crippen LogP contribution in [0.1, 0.15) is 55.5 Å². The van der Waals surface area contributed by atoms with Crippen LogP contribution in [-0.4, -0.2) is 31.5 Å². The van der Waals surface area contributed by atoms with Crippen LogP contribution in [0.5, 0.6) is 0 Å². The Balaban J connectivity index is 1.23. The fourth-order valence-electron chi connectivity index (χ4n) is 7.67. The molecule has 4 aliphatic carbocycles. The minimum Gasteiger partial charge on any atom is -0.315 e. The third kappa shape index (κ3) is 3.23. The average molecular weight is 502 g/mol. The monoisotopic (exact) mass is 501 g/mol. The number of aromatic nitrogens is 1. The van der Waals surface area contributed by atoms with E-state index < -0.39 is 5.91 Å². The molecule has 1 aromatic carbocycles. The Kier molecular flexibility index (Phi) is 4.78. The summed E-state index contributed by atoms with van der Waals surface area (Å²) in [5.41, 5.74) is 3.18. The Morgan fingerprint density at radius 2 is 1.78 bits per heavy atom. The highest BCUT2D eigenvalue weighted by Crippen LogP contribution is 2.62. The number of aryl methyl sites for hydroxylation is 1. The summed E-state index contributed by atoms with van der Waals surface area (Å²) in [4.78, 5) is 17.4. The number of fused-ring (bicyclic) bond motifs is 1. The molecule has 36 heavy (non-hydrogen) atoms. The Labute approximate surface area is 213 Å². The molecule has 2 aromatic rings. The molecule has 6 nitrogen and oxygen atoms in total. The minimum atomic E-state index is -0.420. The van der Waals surface area contributed by atoms with Crippen molar-refractivity contribution in [1.82, 2.24) is 9.58 Å². The molecule has 0 atom stereocenters. The smallest absolute Gasteiger partial charge is 0.283 e. The summed E-state index contributed by atoms with van der Waals surface area (Å²) in [7, 11) is 0. The number of hydrogen-bond donors (Lipinski definition) is 1. The number of para-hydroxylation sites is 1. The number of amides is 1. The summed E-state index contributed by atoms with van der Waals surface area (Å²) in [6.45, 7) is 3.80. The molecule has 8 heteroatoms. The number of carbonyl (C=O) groups excluding carboxylic acids is 1. The standard InChI is InChI=1S/C28H28FN5OS/c1-15-7-20(16(2)33(15)23-6-4-3-5-22(23)29)11-21-24(30)34-27(31-25(21)35)36-26(32-34)28-12-17-8-18(13-28)10-19(9-17)14-28/h3-7,11,17-19,30H,8-10,12-14H2,1-2H3/b21-11+,30-24?. The van der Waals surface area contributed by atoms with Gasteiger partial charge in [-0.1, -0.05) is 12.1 Å². The number of carbonyl (C=O) groups is 1. The quantitative estimate of drug-likeness (QED) is 0.519. The summed E-state index contributed by atoms with van der Waals surface area (Å²) in [6, 6.07) is 8.56. The van der Waals surface area contributed by atoms with Gasteiger partial charge in [0.05, 0.1) is 11.3 Å². The molecule has 0 radical (unpaired) electrons. The van der Waals surface area contributed by atoms with Crippen LogP contribution in [0.25, 0.3) is 11.8 Å². The molecule has 1 aromatic heterocycles. The third-order valence-electron chi connectivity index (χ3n) is 8.81. The molecular formula is C28H28FN5OS. The molecule has 1 amide bonds. The fourth-order valence-corrected chi connectivity index (χ4v) is 8.78. The second kappa shape index (κ2) is 7.75. The van der Waals surface area contributed by atoms with Gasteiger partial charge < -0.3 is 4.57 Å². The van der Waals surface area contributed by atoms with Crippen LogP contribution in [0.4, 0.5) is 4.39 Å². The highest BCUT2D eigenvalue weighted by atomic mass is 32.2. The molecule has 0 spiro atoms. The van der Waals surface area contributed by atoms with Crippen LogP contribution in [0.2, 0.25) is 0 Å². The molecule has 184 valence electrons. The lowest BCUT2D eigenvalue weighted by molar-refractivity contribution is -0.114. The van der Waals surface area contributed by atoms with Crippen molar-refractivity contribution in [3.63, 3.8) is 0 Å². The molecule has 4 fully saturated rings. The van der Waals surface area contributed by atoms with E-state index in [0.29, 0.717) is 10.9 Å². The van der Waals surface area contributed by atoms with Gasteiger partial charge in [-0.15, -0.1) is 0 Å². The van der Waals surface area contributed by atoms with Crippen molar-refractivity contribution in [2.45, 2.75) is 52.4 Å². The second-order valence-corrected chi connectivity index (χ2v) is 12.2. The first-order valence-corrected chi connectivity index (χ1v) is 13.6. The molecule has 0 unspecified atom stereocenters. The van der Waals surface area contributed by atoms with E-state index in [0.717, 1.165) is 39.7 Å². The first kappa shape index (κ1) is 22.2. The highest BCUT2D eigenvalue weighted by molar-refractivity contribution is 8.27. The van der Waals surface area contributed by atoms with Crippen LogP contribution in [0, 0.1) is 48.2 Å². The maximum Gasteiger partial charge on any atom is 0.283 e. The van der Waals surface area contributed by atoms with Gasteiger partial charge in [-0.05, 0) is 112 Å². The third-order valence-corrected chi connectivity index (χ3v) is 9.96. The normalized spacial score (nSPS) is 31.8. The molecule has 2 aliphatic heterocycles. The summed E-state index contributed by atoms with van der Waals surface area (Å²) in [5.74, 6) is 1.71. The second-order valence-electron chi connectivity index (χ2n) is 11.2. The molecule has 6 aliphatic rings. The molecule has 3 heterocycles.